The monoisotopic (exact) mass is 286 g/mol. The lowest BCUT2D eigenvalue weighted by atomic mass is 10.4. The third-order valence-electron chi connectivity index (χ3n) is 3.35. The van der Waals surface area contributed by atoms with Gasteiger partial charge in [0.05, 0.1) is 6.20 Å². The lowest BCUT2D eigenvalue weighted by molar-refractivity contribution is 0.412. The fraction of sp³-hybridized carbons (Fsp3) is 0.750. The second-order valence-corrected chi connectivity index (χ2v) is 6.92. The van der Waals surface area contributed by atoms with Crippen LogP contribution in [-0.2, 0) is 16.6 Å². The molecule has 2 N–H and O–H groups in total. The van der Waals surface area contributed by atoms with Crippen molar-refractivity contribution in [1.29, 1.82) is 0 Å². The maximum atomic E-state index is 12.5. The van der Waals surface area contributed by atoms with E-state index in [2.05, 4.69) is 5.10 Å². The van der Waals surface area contributed by atoms with Crippen LogP contribution in [0.3, 0.4) is 0 Å². The number of hydrogen-bond donors (Lipinski definition) is 1. The van der Waals surface area contributed by atoms with Crippen LogP contribution in [0.2, 0.25) is 0 Å². The minimum Gasteiger partial charge on any atom is -0.330 e. The Morgan fingerprint density at radius 3 is 2.84 bits per heavy atom. The Morgan fingerprint density at radius 2 is 2.26 bits per heavy atom. The van der Waals surface area contributed by atoms with E-state index < -0.39 is 10.0 Å². The highest BCUT2D eigenvalue weighted by atomic mass is 32.2. The average molecular weight is 286 g/mol. The van der Waals surface area contributed by atoms with Crippen LogP contribution in [0.4, 0.5) is 0 Å². The maximum Gasteiger partial charge on any atom is 0.246 e. The molecule has 6 nitrogen and oxygen atoms in total. The van der Waals surface area contributed by atoms with Gasteiger partial charge in [0.2, 0.25) is 10.0 Å². The highest BCUT2D eigenvalue weighted by Gasteiger charge is 2.31. The van der Waals surface area contributed by atoms with Crippen molar-refractivity contribution < 1.29 is 8.42 Å². The molecule has 0 atom stereocenters. The molecule has 19 heavy (non-hydrogen) atoms. The van der Waals surface area contributed by atoms with Gasteiger partial charge in [0, 0.05) is 25.8 Å². The van der Waals surface area contributed by atoms with Gasteiger partial charge in [-0.1, -0.05) is 6.92 Å². The van der Waals surface area contributed by atoms with Crippen LogP contribution in [0.25, 0.3) is 0 Å². The van der Waals surface area contributed by atoms with Gasteiger partial charge in [0.1, 0.15) is 4.90 Å². The predicted octanol–water partition coefficient (Wildman–Crippen LogP) is 0.653. The van der Waals surface area contributed by atoms with Crippen LogP contribution in [-0.4, -0.2) is 42.1 Å². The van der Waals surface area contributed by atoms with Crippen molar-refractivity contribution >= 4 is 10.0 Å². The van der Waals surface area contributed by atoms with E-state index in [1.807, 2.05) is 6.92 Å². The summed E-state index contributed by atoms with van der Waals surface area (Å²) in [7, 11) is -3.39. The lowest BCUT2D eigenvalue weighted by Crippen LogP contribution is -2.32. The fourth-order valence-corrected chi connectivity index (χ4v) is 3.47. The molecule has 1 aliphatic rings. The minimum atomic E-state index is -3.39. The summed E-state index contributed by atoms with van der Waals surface area (Å²) in [6, 6.07) is 0. The number of nitrogens with two attached hydrogens (primary N) is 1. The van der Waals surface area contributed by atoms with Crippen molar-refractivity contribution in [3.8, 4) is 0 Å². The summed E-state index contributed by atoms with van der Waals surface area (Å²) in [5, 5.41) is 4.09. The van der Waals surface area contributed by atoms with E-state index >= 15 is 0 Å². The molecule has 1 fully saturated rings. The minimum absolute atomic E-state index is 0.284. The van der Waals surface area contributed by atoms with Crippen LogP contribution in [0, 0.1) is 5.92 Å². The molecule has 0 bridgehead atoms. The van der Waals surface area contributed by atoms with Crippen molar-refractivity contribution in [3.63, 3.8) is 0 Å². The first-order valence-corrected chi connectivity index (χ1v) is 8.24. The van der Waals surface area contributed by atoms with Gasteiger partial charge in [-0.2, -0.15) is 9.40 Å². The molecule has 1 heterocycles. The number of nitrogens with zero attached hydrogens (tertiary/aromatic N) is 3. The van der Waals surface area contributed by atoms with E-state index in [-0.39, 0.29) is 4.90 Å². The topological polar surface area (TPSA) is 81.2 Å². The highest BCUT2D eigenvalue weighted by Crippen LogP contribution is 2.31. The molecule has 0 aliphatic heterocycles. The second kappa shape index (κ2) is 6.02. The number of rotatable bonds is 8. The van der Waals surface area contributed by atoms with E-state index in [4.69, 9.17) is 5.73 Å². The maximum absolute atomic E-state index is 12.5. The van der Waals surface area contributed by atoms with E-state index in [1.54, 1.807) is 15.2 Å². The Bertz CT molecular complexity index is 508. The van der Waals surface area contributed by atoms with Gasteiger partial charge in [-0.3, -0.25) is 4.68 Å². The standard InChI is InChI=1S/C12H22N4O2S/c1-2-16(9-11-4-5-11)19(17,18)12-8-14-15(10-12)7-3-6-13/h8,10-11H,2-7,9,13H2,1H3. The quantitative estimate of drug-likeness (QED) is 0.761. The second-order valence-electron chi connectivity index (χ2n) is 4.98. The van der Waals surface area contributed by atoms with Gasteiger partial charge in [-0.15, -0.1) is 0 Å². The SMILES string of the molecule is CCN(CC1CC1)S(=O)(=O)c1cnn(CCCN)c1. The average Bonchev–Trinajstić information content (AvgIpc) is 3.08. The van der Waals surface area contributed by atoms with Crippen molar-refractivity contribution in [3.05, 3.63) is 12.4 Å². The Kier molecular flexibility index (Phi) is 4.59. The predicted molar refractivity (Wildman–Crippen MR) is 73.1 cm³/mol. The van der Waals surface area contributed by atoms with Gasteiger partial charge in [-0.25, -0.2) is 8.42 Å². The van der Waals surface area contributed by atoms with Gasteiger partial charge in [-0.05, 0) is 31.7 Å². The summed E-state index contributed by atoms with van der Waals surface area (Å²) >= 11 is 0. The summed E-state index contributed by atoms with van der Waals surface area (Å²) in [5.74, 6) is 0.544. The summed E-state index contributed by atoms with van der Waals surface area (Å²) in [6.45, 7) is 4.24. The van der Waals surface area contributed by atoms with E-state index in [0.29, 0.717) is 32.1 Å². The Labute approximate surface area is 114 Å². The molecule has 0 amide bonds. The molecule has 1 saturated carbocycles. The highest BCUT2D eigenvalue weighted by molar-refractivity contribution is 7.89. The smallest absolute Gasteiger partial charge is 0.246 e. The Hall–Kier alpha value is -0.920. The Balaban J connectivity index is 2.10. The molecule has 2 rings (SSSR count). The molecule has 0 spiro atoms. The molecule has 1 aromatic heterocycles. The van der Waals surface area contributed by atoms with Crippen LogP contribution in [0.1, 0.15) is 26.2 Å². The van der Waals surface area contributed by atoms with Gasteiger partial charge in [0.25, 0.3) is 0 Å². The van der Waals surface area contributed by atoms with Crippen LogP contribution in [0.5, 0.6) is 0 Å². The molecule has 1 aliphatic carbocycles. The normalized spacial score (nSPS) is 16.2. The van der Waals surface area contributed by atoms with E-state index in [0.717, 1.165) is 19.3 Å². The first-order valence-electron chi connectivity index (χ1n) is 6.80. The summed E-state index contributed by atoms with van der Waals surface area (Å²) in [4.78, 5) is 0.284. The molecular formula is C12H22N4O2S. The molecule has 1 aromatic rings. The zero-order chi connectivity index (χ0) is 13.9. The van der Waals surface area contributed by atoms with E-state index in [1.165, 1.54) is 6.20 Å². The largest absolute Gasteiger partial charge is 0.330 e. The first-order chi connectivity index (χ1) is 9.07. The summed E-state index contributed by atoms with van der Waals surface area (Å²) in [6.07, 6.45) is 6.10. The van der Waals surface area contributed by atoms with Crippen molar-refractivity contribution in [1.82, 2.24) is 14.1 Å². The summed E-state index contributed by atoms with van der Waals surface area (Å²) < 4.78 is 28.1. The van der Waals surface area contributed by atoms with Crippen molar-refractivity contribution in [2.45, 2.75) is 37.6 Å². The van der Waals surface area contributed by atoms with Crippen LogP contribution < -0.4 is 5.73 Å². The lowest BCUT2D eigenvalue weighted by Gasteiger charge is -2.19. The van der Waals surface area contributed by atoms with Crippen LogP contribution in [0.15, 0.2) is 17.3 Å². The number of hydrogen-bond acceptors (Lipinski definition) is 4. The third kappa shape index (κ3) is 3.55. The first kappa shape index (κ1) is 14.5. The van der Waals surface area contributed by atoms with E-state index in [9.17, 15) is 8.42 Å². The van der Waals surface area contributed by atoms with Crippen LogP contribution >= 0.6 is 0 Å². The van der Waals surface area contributed by atoms with Crippen molar-refractivity contribution in [2.75, 3.05) is 19.6 Å². The fourth-order valence-electron chi connectivity index (χ4n) is 1.99. The molecular weight excluding hydrogens is 264 g/mol. The third-order valence-corrected chi connectivity index (χ3v) is 5.24. The number of aromatic nitrogens is 2. The van der Waals surface area contributed by atoms with Gasteiger partial charge in [0.15, 0.2) is 0 Å². The van der Waals surface area contributed by atoms with Crippen molar-refractivity contribution in [2.24, 2.45) is 11.7 Å². The van der Waals surface area contributed by atoms with Gasteiger partial charge >= 0.3 is 0 Å². The zero-order valence-electron chi connectivity index (χ0n) is 11.3. The molecule has 7 heteroatoms. The zero-order valence-corrected chi connectivity index (χ0v) is 12.1. The molecule has 108 valence electrons. The molecule has 0 radical (unpaired) electrons. The number of sulfonamides is 1. The Morgan fingerprint density at radius 1 is 1.53 bits per heavy atom. The summed E-state index contributed by atoms with van der Waals surface area (Å²) in [5.41, 5.74) is 5.43. The number of aryl methyl sites for hydroxylation is 1. The molecule has 0 aromatic carbocycles. The van der Waals surface area contributed by atoms with Gasteiger partial charge < -0.3 is 5.73 Å². The molecule has 0 saturated heterocycles. The molecule has 0 unspecified atom stereocenters.